The van der Waals surface area contributed by atoms with Crippen molar-refractivity contribution in [2.45, 2.75) is 69.5 Å². The van der Waals surface area contributed by atoms with Crippen molar-refractivity contribution in [3.8, 4) is 11.5 Å². The fraction of sp³-hybridized carbons (Fsp3) is 0.464. The minimum atomic E-state index is -1.33. The molecule has 2 aromatic rings. The van der Waals surface area contributed by atoms with Gasteiger partial charge in [-0.25, -0.2) is 0 Å². The summed E-state index contributed by atoms with van der Waals surface area (Å²) in [6.45, 7) is 2.04. The normalized spacial score (nSPS) is 29.6. The number of aryl methyl sites for hydroxylation is 1. The number of anilines is 1. The second-order valence-electron chi connectivity index (χ2n) is 10.6. The molecule has 1 spiro atoms. The van der Waals surface area contributed by atoms with Crippen LogP contribution in [0, 0.1) is 11.8 Å². The van der Waals surface area contributed by atoms with Crippen LogP contribution in [0.2, 0.25) is 0 Å². The van der Waals surface area contributed by atoms with Gasteiger partial charge in [0.1, 0.15) is 5.54 Å². The van der Waals surface area contributed by atoms with Crippen LogP contribution in [0.5, 0.6) is 11.5 Å². The van der Waals surface area contributed by atoms with E-state index in [0.717, 1.165) is 49.7 Å². The zero-order valence-electron chi connectivity index (χ0n) is 20.3. The maximum absolute atomic E-state index is 14.1. The van der Waals surface area contributed by atoms with Crippen LogP contribution in [0.1, 0.15) is 55.7 Å². The predicted molar refractivity (Wildman–Crippen MR) is 132 cm³/mol. The Morgan fingerprint density at radius 3 is 2.42 bits per heavy atom. The summed E-state index contributed by atoms with van der Waals surface area (Å²) in [4.78, 5) is 43.2. The third-order valence-electron chi connectivity index (χ3n) is 8.66. The van der Waals surface area contributed by atoms with E-state index >= 15 is 0 Å². The van der Waals surface area contributed by atoms with Crippen LogP contribution in [0.25, 0.3) is 0 Å². The molecule has 4 N–H and O–H groups in total. The summed E-state index contributed by atoms with van der Waals surface area (Å²) in [7, 11) is 0. The lowest BCUT2D eigenvalue weighted by Gasteiger charge is -2.34. The predicted octanol–water partition coefficient (Wildman–Crippen LogP) is 2.96. The van der Waals surface area contributed by atoms with Crippen LogP contribution >= 0.6 is 0 Å². The maximum Gasteiger partial charge on any atom is 0.250 e. The van der Waals surface area contributed by atoms with E-state index in [1.807, 2.05) is 25.1 Å². The zero-order valence-corrected chi connectivity index (χ0v) is 20.3. The molecule has 0 bridgehead atoms. The fourth-order valence-electron chi connectivity index (χ4n) is 6.92. The monoisotopic (exact) mass is 489 g/mol. The molecule has 2 saturated heterocycles. The van der Waals surface area contributed by atoms with Gasteiger partial charge in [-0.05, 0) is 55.0 Å². The fourth-order valence-corrected chi connectivity index (χ4v) is 6.92. The number of amides is 3. The molecule has 0 radical (unpaired) electrons. The Morgan fingerprint density at radius 1 is 0.944 bits per heavy atom. The first-order chi connectivity index (χ1) is 17.3. The van der Waals surface area contributed by atoms with Crippen LogP contribution in [-0.4, -0.2) is 44.9 Å². The average molecular weight is 490 g/mol. The summed E-state index contributed by atoms with van der Waals surface area (Å²) >= 11 is 0. The second-order valence-corrected chi connectivity index (χ2v) is 10.6. The van der Waals surface area contributed by atoms with Crippen molar-refractivity contribution in [3.63, 3.8) is 0 Å². The van der Waals surface area contributed by atoms with Crippen molar-refractivity contribution >= 4 is 23.4 Å². The van der Waals surface area contributed by atoms with E-state index in [-0.39, 0.29) is 35.3 Å². The highest BCUT2D eigenvalue weighted by Crippen LogP contribution is 2.54. The molecule has 36 heavy (non-hydrogen) atoms. The van der Waals surface area contributed by atoms with Crippen LogP contribution in [0.15, 0.2) is 36.4 Å². The van der Waals surface area contributed by atoms with E-state index in [9.17, 15) is 24.6 Å². The van der Waals surface area contributed by atoms with E-state index in [4.69, 9.17) is 0 Å². The number of carbonyl (C=O) groups excluding carboxylic acids is 3. The summed E-state index contributed by atoms with van der Waals surface area (Å²) in [6.07, 6.45) is 5.79. The van der Waals surface area contributed by atoms with E-state index < -0.39 is 23.4 Å². The number of benzene rings is 2. The smallest absolute Gasteiger partial charge is 0.250 e. The number of nitrogens with zero attached hydrogens (tertiary/aromatic N) is 1. The third kappa shape index (κ3) is 3.20. The molecule has 3 fully saturated rings. The summed E-state index contributed by atoms with van der Waals surface area (Å²) in [5.41, 5.74) is 1.82. The van der Waals surface area contributed by atoms with Gasteiger partial charge in [0.25, 0.3) is 0 Å². The molecule has 0 aromatic heterocycles. The number of nitrogens with one attached hydrogen (secondary N) is 2. The van der Waals surface area contributed by atoms with E-state index in [1.165, 1.54) is 17.0 Å². The molecule has 1 saturated carbocycles. The molecule has 1 aliphatic carbocycles. The lowest BCUT2D eigenvalue weighted by molar-refractivity contribution is -0.146. The first-order valence-corrected chi connectivity index (χ1v) is 13.0. The Labute approximate surface area is 209 Å². The number of hydrogen-bond donors (Lipinski definition) is 4. The Kier molecular flexibility index (Phi) is 5.33. The number of phenolic OH excluding ortho intramolecular Hbond substituents is 2. The minimum Gasteiger partial charge on any atom is -0.504 e. The van der Waals surface area contributed by atoms with Crippen molar-refractivity contribution in [1.29, 1.82) is 0 Å². The number of imide groups is 1. The molecule has 4 atom stereocenters. The number of phenols is 2. The van der Waals surface area contributed by atoms with Gasteiger partial charge < -0.3 is 15.5 Å². The lowest BCUT2D eigenvalue weighted by atomic mass is 9.76. The molecule has 8 nitrogen and oxygen atoms in total. The van der Waals surface area contributed by atoms with Gasteiger partial charge >= 0.3 is 0 Å². The summed E-state index contributed by atoms with van der Waals surface area (Å²) < 4.78 is 0. The van der Waals surface area contributed by atoms with Gasteiger partial charge in [-0.1, -0.05) is 44.4 Å². The first-order valence-electron chi connectivity index (χ1n) is 13.0. The number of likely N-dealkylation sites (tertiary alicyclic amines) is 1. The van der Waals surface area contributed by atoms with Crippen molar-refractivity contribution in [1.82, 2.24) is 10.2 Å². The Bertz CT molecular complexity index is 1270. The summed E-state index contributed by atoms with van der Waals surface area (Å²) in [5, 5.41) is 26.2. The first kappa shape index (κ1) is 23.0. The molecular weight excluding hydrogens is 458 g/mol. The van der Waals surface area contributed by atoms with Crippen LogP contribution < -0.4 is 10.6 Å². The summed E-state index contributed by atoms with van der Waals surface area (Å²) in [6, 6.07) is 9.78. The lowest BCUT2D eigenvalue weighted by Crippen LogP contribution is -2.54. The Morgan fingerprint density at radius 2 is 1.69 bits per heavy atom. The maximum atomic E-state index is 14.1. The molecule has 2 aromatic carbocycles. The van der Waals surface area contributed by atoms with Gasteiger partial charge in [-0.3, -0.25) is 24.6 Å². The van der Waals surface area contributed by atoms with E-state index in [0.29, 0.717) is 17.7 Å². The molecule has 2 unspecified atom stereocenters. The summed E-state index contributed by atoms with van der Waals surface area (Å²) in [5.74, 6) is -2.77. The topological polar surface area (TPSA) is 119 Å². The molecule has 3 aliphatic heterocycles. The van der Waals surface area contributed by atoms with Crippen molar-refractivity contribution in [3.05, 3.63) is 53.1 Å². The van der Waals surface area contributed by atoms with Gasteiger partial charge in [0.15, 0.2) is 11.5 Å². The third-order valence-corrected chi connectivity index (χ3v) is 8.66. The van der Waals surface area contributed by atoms with Gasteiger partial charge in [0.2, 0.25) is 17.7 Å². The number of aromatic hydroxyl groups is 2. The Balaban J connectivity index is 1.46. The molecule has 3 heterocycles. The zero-order chi connectivity index (χ0) is 25.2. The van der Waals surface area contributed by atoms with Gasteiger partial charge in [-0.15, -0.1) is 0 Å². The molecule has 188 valence electrons. The van der Waals surface area contributed by atoms with Gasteiger partial charge in [0, 0.05) is 23.3 Å². The number of rotatable bonds is 4. The van der Waals surface area contributed by atoms with Crippen LogP contribution in [-0.2, 0) is 32.8 Å². The molecule has 3 amide bonds. The highest BCUT2D eigenvalue weighted by molar-refractivity contribution is 6.15. The van der Waals surface area contributed by atoms with Crippen LogP contribution in [0.4, 0.5) is 5.69 Å². The van der Waals surface area contributed by atoms with Gasteiger partial charge in [-0.2, -0.15) is 0 Å². The molecular formula is C28H31N3O5. The molecule has 4 aliphatic rings. The standard InChI is InChI=1S/C28H31N3O5/c1-2-15-8-10-19-18(12-15)28(27(36)29-19)24-23(20(30-28)13-16-9-11-21(32)22(33)14-16)25(34)31(26(24)35)17-6-4-3-5-7-17/h8-12,14,17,20,23-24,30,32-33H,2-7,13H2,1H3,(H,29,36)/t20?,23-,24+,28?/m1/s1. The minimum absolute atomic E-state index is 0.120. The molecule has 6 rings (SSSR count). The number of fused-ring (bicyclic) bond motifs is 4. The highest BCUT2D eigenvalue weighted by atomic mass is 16.3. The van der Waals surface area contributed by atoms with E-state index in [2.05, 4.69) is 10.6 Å². The number of carbonyl (C=O) groups is 3. The van der Waals surface area contributed by atoms with Crippen molar-refractivity contribution < 1.29 is 24.6 Å². The SMILES string of the molecule is CCc1ccc2c(c1)C1(NC(Cc3ccc(O)c(O)c3)[C@H]3C(=O)N(C4CCCCC4)C(=O)[C@H]31)C(=O)N2. The average Bonchev–Trinajstić information content (AvgIpc) is 3.46. The van der Waals surface area contributed by atoms with Crippen molar-refractivity contribution in [2.75, 3.05) is 5.32 Å². The quantitative estimate of drug-likeness (QED) is 0.387. The van der Waals surface area contributed by atoms with E-state index in [1.54, 1.807) is 6.07 Å². The Hall–Kier alpha value is -3.39. The molecule has 8 heteroatoms. The van der Waals surface area contributed by atoms with Gasteiger partial charge in [0.05, 0.1) is 11.8 Å². The largest absolute Gasteiger partial charge is 0.504 e. The highest BCUT2D eigenvalue weighted by Gasteiger charge is 2.70. The second kappa shape index (κ2) is 8.34. The number of hydrogen-bond acceptors (Lipinski definition) is 6. The van der Waals surface area contributed by atoms with Crippen molar-refractivity contribution in [2.24, 2.45) is 11.8 Å². The van der Waals surface area contributed by atoms with Crippen LogP contribution in [0.3, 0.4) is 0 Å².